The van der Waals surface area contributed by atoms with Crippen LogP contribution in [-0.2, 0) is 20.9 Å². The van der Waals surface area contributed by atoms with Crippen molar-refractivity contribution in [3.8, 4) is 0 Å². The van der Waals surface area contributed by atoms with Gasteiger partial charge in [0.1, 0.15) is 12.6 Å². The molecular formula is C26H43N5O5. The number of ether oxygens (including phenoxy) is 1. The summed E-state index contributed by atoms with van der Waals surface area (Å²) in [5.74, 6) is -0.374. The molecule has 36 heavy (non-hydrogen) atoms. The number of amides is 5. The minimum Gasteiger partial charge on any atom is -0.445 e. The summed E-state index contributed by atoms with van der Waals surface area (Å²) in [5, 5.41) is 8.33. The molecule has 1 unspecified atom stereocenters. The molecule has 0 bridgehead atoms. The fraction of sp³-hybridized carbons (Fsp3) is 0.615. The first kappa shape index (κ1) is 30.7. The fourth-order valence-corrected chi connectivity index (χ4v) is 3.46. The summed E-state index contributed by atoms with van der Waals surface area (Å²) in [6.45, 7) is 12.0. The van der Waals surface area contributed by atoms with Crippen LogP contribution in [0.15, 0.2) is 24.3 Å². The van der Waals surface area contributed by atoms with Gasteiger partial charge in [-0.1, -0.05) is 46.8 Å². The Morgan fingerprint density at radius 2 is 1.56 bits per heavy atom. The SMILES string of the molecule is CC(C)C(C)NC(=O)[C@H](C(C)C)N(C)C(=O)OCc1ccc(NC(=O)[C@@H](C)CCCNC(N)=O)cc1. The summed E-state index contributed by atoms with van der Waals surface area (Å²) in [7, 11) is 1.57. The standard InChI is InChI=1S/C26H43N5O5/c1-16(2)19(6)29-24(33)22(17(3)4)31(7)26(35)36-15-20-10-12-21(13-11-20)30-23(32)18(5)9-8-14-28-25(27)34/h10-13,16-19,22H,8-9,14-15H2,1-7H3,(H,29,33)(H,30,32)(H3,27,28,34)/t18-,19?,22-/m0/s1. The Hall–Kier alpha value is -3.30. The average Bonchev–Trinajstić information content (AvgIpc) is 2.80. The first-order valence-electron chi connectivity index (χ1n) is 12.5. The minimum atomic E-state index is -0.648. The van der Waals surface area contributed by atoms with Gasteiger partial charge in [-0.2, -0.15) is 0 Å². The van der Waals surface area contributed by atoms with Crippen molar-refractivity contribution in [2.24, 2.45) is 23.5 Å². The number of nitrogens with one attached hydrogen (secondary N) is 3. The Morgan fingerprint density at radius 3 is 2.08 bits per heavy atom. The average molecular weight is 506 g/mol. The quantitative estimate of drug-likeness (QED) is 0.304. The summed E-state index contributed by atoms with van der Waals surface area (Å²) in [4.78, 5) is 49.8. The molecule has 0 radical (unpaired) electrons. The largest absolute Gasteiger partial charge is 0.445 e. The number of benzene rings is 1. The van der Waals surface area contributed by atoms with Crippen molar-refractivity contribution in [2.45, 2.75) is 73.1 Å². The van der Waals surface area contributed by atoms with E-state index in [0.29, 0.717) is 25.1 Å². The fourth-order valence-electron chi connectivity index (χ4n) is 3.46. The molecule has 0 aliphatic heterocycles. The molecule has 5 N–H and O–H groups in total. The van der Waals surface area contributed by atoms with Gasteiger partial charge in [-0.15, -0.1) is 0 Å². The molecule has 1 rings (SSSR count). The summed E-state index contributed by atoms with van der Waals surface area (Å²) >= 11 is 0. The number of nitrogens with zero attached hydrogens (tertiary/aromatic N) is 1. The number of hydrogen-bond acceptors (Lipinski definition) is 5. The summed E-state index contributed by atoms with van der Waals surface area (Å²) < 4.78 is 5.44. The molecule has 10 nitrogen and oxygen atoms in total. The van der Waals surface area contributed by atoms with Gasteiger partial charge in [-0.3, -0.25) is 14.5 Å². The number of anilines is 1. The lowest BCUT2D eigenvalue weighted by Crippen LogP contribution is -2.53. The zero-order valence-electron chi connectivity index (χ0n) is 22.6. The van der Waals surface area contributed by atoms with Crippen molar-refractivity contribution in [1.82, 2.24) is 15.5 Å². The van der Waals surface area contributed by atoms with Crippen LogP contribution in [0.2, 0.25) is 0 Å². The van der Waals surface area contributed by atoms with Gasteiger partial charge < -0.3 is 26.4 Å². The predicted molar refractivity (Wildman–Crippen MR) is 140 cm³/mol. The predicted octanol–water partition coefficient (Wildman–Crippen LogP) is 3.46. The maximum Gasteiger partial charge on any atom is 0.410 e. The van der Waals surface area contributed by atoms with Crippen molar-refractivity contribution >= 4 is 29.6 Å². The molecule has 1 aromatic rings. The van der Waals surface area contributed by atoms with Gasteiger partial charge in [0, 0.05) is 31.2 Å². The van der Waals surface area contributed by atoms with Crippen LogP contribution >= 0.6 is 0 Å². The van der Waals surface area contributed by atoms with Crippen LogP contribution in [-0.4, -0.2) is 54.5 Å². The minimum absolute atomic E-state index is 0.0102. The smallest absolute Gasteiger partial charge is 0.410 e. The van der Waals surface area contributed by atoms with Gasteiger partial charge in [0.15, 0.2) is 0 Å². The molecule has 0 saturated carbocycles. The second-order valence-corrected chi connectivity index (χ2v) is 9.92. The Morgan fingerprint density at radius 1 is 0.944 bits per heavy atom. The van der Waals surface area contributed by atoms with Gasteiger partial charge in [0.25, 0.3) is 0 Å². The number of rotatable bonds is 13. The number of carbonyl (C=O) groups excluding carboxylic acids is 4. The Bertz CT molecular complexity index is 872. The molecule has 0 fully saturated rings. The van der Waals surface area contributed by atoms with Crippen LogP contribution < -0.4 is 21.7 Å². The van der Waals surface area contributed by atoms with Crippen molar-refractivity contribution in [3.05, 3.63) is 29.8 Å². The molecule has 202 valence electrons. The van der Waals surface area contributed by atoms with Gasteiger partial charge in [0.05, 0.1) is 0 Å². The molecule has 1 aromatic carbocycles. The number of carbonyl (C=O) groups is 4. The van der Waals surface area contributed by atoms with Gasteiger partial charge in [-0.25, -0.2) is 9.59 Å². The van der Waals surface area contributed by atoms with Crippen molar-refractivity contribution in [3.63, 3.8) is 0 Å². The third kappa shape index (κ3) is 10.5. The van der Waals surface area contributed by atoms with Gasteiger partial charge in [-0.05, 0) is 49.3 Å². The number of likely N-dealkylation sites (N-methyl/N-ethyl adjacent to an activating group) is 1. The van der Waals surface area contributed by atoms with Crippen LogP contribution in [0.4, 0.5) is 15.3 Å². The highest BCUT2D eigenvalue weighted by Gasteiger charge is 2.31. The van der Waals surface area contributed by atoms with E-state index in [0.717, 1.165) is 5.56 Å². The van der Waals surface area contributed by atoms with E-state index >= 15 is 0 Å². The van der Waals surface area contributed by atoms with Gasteiger partial charge >= 0.3 is 12.1 Å². The second kappa shape index (κ2) is 15.0. The Labute approximate surface area is 214 Å². The summed E-state index contributed by atoms with van der Waals surface area (Å²) in [6.07, 6.45) is 0.671. The molecule has 0 aliphatic rings. The number of urea groups is 1. The van der Waals surface area contributed by atoms with E-state index in [1.54, 1.807) is 31.3 Å². The molecule has 0 saturated heterocycles. The van der Waals surface area contributed by atoms with E-state index in [1.807, 2.05) is 41.5 Å². The Kier molecular flexibility index (Phi) is 12.8. The Balaban J connectivity index is 2.59. The first-order valence-corrected chi connectivity index (χ1v) is 12.5. The zero-order valence-corrected chi connectivity index (χ0v) is 22.6. The molecule has 3 atom stereocenters. The third-order valence-corrected chi connectivity index (χ3v) is 6.12. The zero-order chi connectivity index (χ0) is 27.4. The lowest BCUT2D eigenvalue weighted by molar-refractivity contribution is -0.128. The van der Waals surface area contributed by atoms with E-state index in [2.05, 4.69) is 16.0 Å². The lowest BCUT2D eigenvalue weighted by Gasteiger charge is -2.31. The monoisotopic (exact) mass is 505 g/mol. The normalized spacial score (nSPS) is 13.5. The van der Waals surface area contributed by atoms with E-state index in [9.17, 15) is 19.2 Å². The van der Waals surface area contributed by atoms with E-state index < -0.39 is 18.2 Å². The van der Waals surface area contributed by atoms with Crippen LogP contribution in [0.1, 0.15) is 59.9 Å². The highest BCUT2D eigenvalue weighted by molar-refractivity contribution is 5.92. The molecule has 5 amide bonds. The van der Waals surface area contributed by atoms with E-state index in [4.69, 9.17) is 10.5 Å². The lowest BCUT2D eigenvalue weighted by atomic mass is 10.0. The number of primary amides is 1. The van der Waals surface area contributed by atoms with Crippen LogP contribution in [0.25, 0.3) is 0 Å². The highest BCUT2D eigenvalue weighted by atomic mass is 16.6. The molecule has 0 aromatic heterocycles. The number of nitrogens with two attached hydrogens (primary N) is 1. The molecule has 0 spiro atoms. The van der Waals surface area contributed by atoms with E-state index in [1.165, 1.54) is 4.90 Å². The topological polar surface area (TPSA) is 143 Å². The highest BCUT2D eigenvalue weighted by Crippen LogP contribution is 2.16. The van der Waals surface area contributed by atoms with Crippen molar-refractivity contribution in [2.75, 3.05) is 18.9 Å². The molecule has 10 heteroatoms. The van der Waals surface area contributed by atoms with Crippen LogP contribution in [0.3, 0.4) is 0 Å². The number of hydrogen-bond donors (Lipinski definition) is 4. The molecular weight excluding hydrogens is 462 g/mol. The molecule has 0 heterocycles. The maximum absolute atomic E-state index is 12.8. The van der Waals surface area contributed by atoms with Crippen molar-refractivity contribution < 1.29 is 23.9 Å². The second-order valence-electron chi connectivity index (χ2n) is 9.92. The maximum atomic E-state index is 12.8. The summed E-state index contributed by atoms with van der Waals surface area (Å²) in [5.41, 5.74) is 6.40. The third-order valence-electron chi connectivity index (χ3n) is 6.12. The first-order chi connectivity index (χ1) is 16.8. The van der Waals surface area contributed by atoms with Crippen LogP contribution in [0, 0.1) is 17.8 Å². The van der Waals surface area contributed by atoms with Gasteiger partial charge in [0.2, 0.25) is 11.8 Å². The van der Waals surface area contributed by atoms with E-state index in [-0.39, 0.29) is 42.2 Å². The van der Waals surface area contributed by atoms with Crippen molar-refractivity contribution in [1.29, 1.82) is 0 Å². The summed E-state index contributed by atoms with van der Waals surface area (Å²) in [6, 6.07) is 5.77. The van der Waals surface area contributed by atoms with Crippen LogP contribution in [0.5, 0.6) is 0 Å². The molecule has 0 aliphatic carbocycles.